The molecule has 0 fully saturated rings. The lowest BCUT2D eigenvalue weighted by Crippen LogP contribution is -2.40. The third-order valence-corrected chi connectivity index (χ3v) is 10.7. The van der Waals surface area contributed by atoms with Crippen molar-refractivity contribution in [2.45, 2.75) is 195 Å². The molecule has 2 rings (SSSR count). The van der Waals surface area contributed by atoms with Crippen LogP contribution in [-0.4, -0.2) is 45.6 Å². The molecule has 0 bridgehead atoms. The Bertz CT molecular complexity index is 1070. The van der Waals surface area contributed by atoms with E-state index in [9.17, 15) is 9.59 Å². The van der Waals surface area contributed by atoms with Crippen molar-refractivity contribution in [2.75, 3.05) is 0 Å². The number of unbranched alkanes of at least 4 members (excludes halogenated alkanes) is 1. The van der Waals surface area contributed by atoms with Crippen LogP contribution in [0.15, 0.2) is 35.5 Å². The largest absolute Gasteiger partial charge is 0.481 e. The number of allylic oxidation sites excluding steroid dienone is 2. The van der Waals surface area contributed by atoms with Crippen molar-refractivity contribution in [1.29, 1.82) is 0 Å². The minimum absolute atomic E-state index is 0.0378. The molecule has 0 aliphatic carbocycles. The van der Waals surface area contributed by atoms with Gasteiger partial charge in [-0.25, -0.2) is 19.6 Å². The molecule has 2 aliphatic rings. The summed E-state index contributed by atoms with van der Waals surface area (Å²) in [4.78, 5) is 44.7. The molecular formula is C42H74O8. The lowest BCUT2D eigenvalue weighted by molar-refractivity contribution is -0.378. The smallest absolute Gasteiger partial charge is 0.306 e. The summed E-state index contributed by atoms with van der Waals surface area (Å²) in [6.07, 6.45) is 22.6. The average molecular weight is 707 g/mol. The van der Waals surface area contributed by atoms with Crippen molar-refractivity contribution in [3.05, 3.63) is 35.5 Å². The summed E-state index contributed by atoms with van der Waals surface area (Å²) in [6.45, 7) is 21.8. The minimum Gasteiger partial charge on any atom is -0.481 e. The van der Waals surface area contributed by atoms with Crippen LogP contribution < -0.4 is 0 Å². The molecule has 0 spiro atoms. The standard InChI is InChI=1S/C21H38O4.C21H36O4/c2*1-6-10-11-17(7-2)12-16(5)14-21(9-4)15-18(8-3)19(24-25-21)13-20(22)23/h15-17,19H,6-14H2,1-5H3,(H,22,23);10-11,15-17,19H,6-9,12-14H2,1-5H3,(H,22,23)/b;11-10+. The van der Waals surface area contributed by atoms with Crippen LogP contribution in [0, 0.1) is 23.7 Å². The zero-order valence-corrected chi connectivity index (χ0v) is 33.4. The fourth-order valence-corrected chi connectivity index (χ4v) is 7.57. The number of rotatable bonds is 23. The fraction of sp³-hybridized carbons (Fsp3) is 0.810. The summed E-state index contributed by atoms with van der Waals surface area (Å²) in [5.74, 6) is 0.715. The SMILES string of the molecule is CC/C=C/C(CC)CC(C)CC1(CC)C=C(CC)C(CC(=O)O)OO1.CCCCC(CC)CC(C)CC1(CC)C=C(CC)C(CC(=O)O)OO1. The van der Waals surface area contributed by atoms with Gasteiger partial charge in [0, 0.05) is 0 Å². The third-order valence-electron chi connectivity index (χ3n) is 10.7. The zero-order chi connectivity index (χ0) is 37.7. The van der Waals surface area contributed by atoms with E-state index in [0.29, 0.717) is 17.8 Å². The first-order valence-electron chi connectivity index (χ1n) is 20.0. The Morgan fingerprint density at radius 1 is 0.760 bits per heavy atom. The van der Waals surface area contributed by atoms with Gasteiger partial charge in [-0.3, -0.25) is 9.59 Å². The van der Waals surface area contributed by atoms with Crippen molar-refractivity contribution < 1.29 is 39.4 Å². The van der Waals surface area contributed by atoms with Crippen LogP contribution in [0.25, 0.3) is 0 Å². The van der Waals surface area contributed by atoms with Gasteiger partial charge in [0.1, 0.15) is 23.4 Å². The van der Waals surface area contributed by atoms with Gasteiger partial charge in [0.15, 0.2) is 0 Å². The van der Waals surface area contributed by atoms with E-state index in [0.717, 1.165) is 74.9 Å². The molecular weight excluding hydrogens is 632 g/mol. The minimum atomic E-state index is -0.862. The first-order chi connectivity index (χ1) is 23.8. The van der Waals surface area contributed by atoms with Crippen LogP contribution in [0.2, 0.25) is 0 Å². The monoisotopic (exact) mass is 707 g/mol. The number of carboxylic acids is 2. The van der Waals surface area contributed by atoms with Crippen molar-refractivity contribution >= 4 is 11.9 Å². The van der Waals surface area contributed by atoms with E-state index >= 15 is 0 Å². The van der Waals surface area contributed by atoms with Crippen LogP contribution in [0.5, 0.6) is 0 Å². The predicted molar refractivity (Wildman–Crippen MR) is 203 cm³/mol. The molecule has 2 N–H and O–H groups in total. The Balaban J connectivity index is 0.000000500. The predicted octanol–water partition coefficient (Wildman–Crippen LogP) is 11.6. The summed E-state index contributed by atoms with van der Waals surface area (Å²) >= 11 is 0. The molecule has 2 aliphatic heterocycles. The highest BCUT2D eigenvalue weighted by molar-refractivity contribution is 5.68. The van der Waals surface area contributed by atoms with Crippen molar-refractivity contribution in [1.82, 2.24) is 0 Å². The maximum Gasteiger partial charge on any atom is 0.306 e. The maximum absolute atomic E-state index is 11.0. The number of carbonyl (C=O) groups is 2. The molecule has 0 aromatic rings. The van der Waals surface area contributed by atoms with Gasteiger partial charge >= 0.3 is 11.9 Å². The Morgan fingerprint density at radius 3 is 1.60 bits per heavy atom. The molecule has 0 aromatic heterocycles. The average Bonchev–Trinajstić information content (AvgIpc) is 3.09. The van der Waals surface area contributed by atoms with E-state index in [-0.39, 0.29) is 12.8 Å². The molecule has 0 aromatic carbocycles. The number of hydrogen-bond donors (Lipinski definition) is 2. The Hall–Kier alpha value is -2.00. The molecule has 2 heterocycles. The molecule has 290 valence electrons. The van der Waals surface area contributed by atoms with Gasteiger partial charge < -0.3 is 10.2 Å². The summed E-state index contributed by atoms with van der Waals surface area (Å²) in [5.41, 5.74) is 1.25. The second-order valence-electron chi connectivity index (χ2n) is 15.0. The number of carboxylic acid groups (broad SMARTS) is 2. The zero-order valence-electron chi connectivity index (χ0n) is 33.4. The van der Waals surface area contributed by atoms with Crippen molar-refractivity contribution in [2.24, 2.45) is 23.7 Å². The van der Waals surface area contributed by atoms with Crippen molar-refractivity contribution in [3.63, 3.8) is 0 Å². The second kappa shape index (κ2) is 24.3. The Labute approximate surface area is 305 Å². The van der Waals surface area contributed by atoms with E-state index in [4.69, 9.17) is 29.8 Å². The van der Waals surface area contributed by atoms with Crippen LogP contribution in [0.1, 0.15) is 172 Å². The molecule has 8 nitrogen and oxygen atoms in total. The van der Waals surface area contributed by atoms with Gasteiger partial charge in [0.2, 0.25) is 0 Å². The highest BCUT2D eigenvalue weighted by atomic mass is 17.2. The van der Waals surface area contributed by atoms with Crippen LogP contribution in [0.3, 0.4) is 0 Å². The quantitative estimate of drug-likeness (QED) is 0.0797. The summed E-state index contributed by atoms with van der Waals surface area (Å²) < 4.78 is 0. The van der Waals surface area contributed by atoms with Crippen molar-refractivity contribution in [3.8, 4) is 0 Å². The first kappa shape index (κ1) is 46.0. The fourth-order valence-electron chi connectivity index (χ4n) is 7.57. The van der Waals surface area contributed by atoms with E-state index in [1.807, 2.05) is 6.92 Å². The first-order valence-corrected chi connectivity index (χ1v) is 20.0. The second-order valence-corrected chi connectivity index (χ2v) is 15.0. The lowest BCUT2D eigenvalue weighted by atomic mass is 9.80. The molecule has 0 saturated carbocycles. The maximum atomic E-state index is 11.0. The molecule has 50 heavy (non-hydrogen) atoms. The Kier molecular flexibility index (Phi) is 22.3. The third kappa shape index (κ3) is 16.1. The van der Waals surface area contributed by atoms with E-state index < -0.39 is 35.3 Å². The number of aliphatic carboxylic acids is 2. The normalized spacial score (nSPS) is 26.3. The summed E-state index contributed by atoms with van der Waals surface area (Å²) in [6, 6.07) is 0. The lowest BCUT2D eigenvalue weighted by Gasteiger charge is -2.38. The molecule has 8 unspecified atom stereocenters. The molecule has 0 radical (unpaired) electrons. The number of hydrogen-bond acceptors (Lipinski definition) is 6. The molecule has 8 atom stereocenters. The van der Waals surface area contributed by atoms with Gasteiger partial charge in [-0.1, -0.05) is 107 Å². The Morgan fingerprint density at radius 2 is 1.24 bits per heavy atom. The van der Waals surface area contributed by atoms with E-state index in [1.165, 1.54) is 32.1 Å². The van der Waals surface area contributed by atoms with E-state index in [2.05, 4.69) is 86.6 Å². The van der Waals surface area contributed by atoms with Crippen LogP contribution in [-0.2, 0) is 29.1 Å². The molecule has 0 saturated heterocycles. The van der Waals surface area contributed by atoms with Gasteiger partial charge in [0.25, 0.3) is 0 Å². The van der Waals surface area contributed by atoms with Gasteiger partial charge in [-0.05, 0) is 111 Å². The summed E-state index contributed by atoms with van der Waals surface area (Å²) in [5, 5.41) is 18.1. The highest BCUT2D eigenvalue weighted by Gasteiger charge is 2.39. The highest BCUT2D eigenvalue weighted by Crippen LogP contribution is 2.39. The summed E-state index contributed by atoms with van der Waals surface area (Å²) in [7, 11) is 0. The van der Waals surface area contributed by atoms with Gasteiger partial charge in [-0.2, -0.15) is 0 Å². The van der Waals surface area contributed by atoms with Crippen LogP contribution >= 0.6 is 0 Å². The van der Waals surface area contributed by atoms with Gasteiger partial charge in [0.05, 0.1) is 12.8 Å². The molecule has 0 amide bonds. The molecule has 8 heteroatoms. The van der Waals surface area contributed by atoms with E-state index in [1.54, 1.807) is 0 Å². The topological polar surface area (TPSA) is 112 Å². The van der Waals surface area contributed by atoms with Crippen LogP contribution in [0.4, 0.5) is 0 Å². The van der Waals surface area contributed by atoms with Gasteiger partial charge in [-0.15, -0.1) is 0 Å².